The molecule has 1 rings (SSSR count). The molecular formula is C9H10BrNO2. The topological polar surface area (TPSA) is 39.2 Å². The van der Waals surface area contributed by atoms with Gasteiger partial charge in [-0.1, -0.05) is 0 Å². The van der Waals surface area contributed by atoms with Crippen LogP contribution in [0.1, 0.15) is 17.3 Å². The molecule has 0 aliphatic heterocycles. The van der Waals surface area contributed by atoms with E-state index in [4.69, 9.17) is 4.74 Å². The molecule has 0 aliphatic carbocycles. The number of nitrogens with zero attached hydrogens (tertiary/aromatic N) is 1. The molecule has 0 spiro atoms. The van der Waals surface area contributed by atoms with Crippen molar-refractivity contribution in [2.24, 2.45) is 0 Å². The second-order valence-electron chi connectivity index (χ2n) is 2.45. The fourth-order valence-electron chi connectivity index (χ4n) is 0.842. The van der Waals surface area contributed by atoms with Gasteiger partial charge in [-0.2, -0.15) is 0 Å². The third-order valence-corrected chi connectivity index (χ3v) is 1.90. The number of aromatic nitrogens is 1. The summed E-state index contributed by atoms with van der Waals surface area (Å²) in [5, 5.41) is 0. The lowest BCUT2D eigenvalue weighted by Crippen LogP contribution is -2.09. The van der Waals surface area contributed by atoms with Crippen LogP contribution in [0, 0.1) is 0 Å². The van der Waals surface area contributed by atoms with Crippen LogP contribution in [-0.2, 0) is 4.74 Å². The van der Waals surface area contributed by atoms with Gasteiger partial charge in [0.05, 0.1) is 0 Å². The van der Waals surface area contributed by atoms with Crippen molar-refractivity contribution >= 4 is 21.7 Å². The summed E-state index contributed by atoms with van der Waals surface area (Å²) < 4.78 is 5.80. The van der Waals surface area contributed by atoms with Crippen molar-refractivity contribution in [2.75, 3.05) is 13.2 Å². The van der Waals surface area contributed by atoms with E-state index in [0.29, 0.717) is 12.2 Å². The van der Waals surface area contributed by atoms with Crippen molar-refractivity contribution in [2.45, 2.75) is 6.92 Å². The van der Waals surface area contributed by atoms with Crippen molar-refractivity contribution in [3.8, 4) is 0 Å². The lowest BCUT2D eigenvalue weighted by Gasteiger charge is -2.00. The monoisotopic (exact) mass is 243 g/mol. The Morgan fingerprint density at radius 1 is 1.62 bits per heavy atom. The molecule has 0 amide bonds. The van der Waals surface area contributed by atoms with Crippen LogP contribution in [-0.4, -0.2) is 24.0 Å². The maximum absolute atomic E-state index is 11.4. The molecule has 3 nitrogen and oxygen atoms in total. The number of ether oxygens (including phenoxy) is 1. The Labute approximate surface area is 85.3 Å². The first-order valence-electron chi connectivity index (χ1n) is 3.95. The molecule has 0 aromatic carbocycles. The summed E-state index contributed by atoms with van der Waals surface area (Å²) in [4.78, 5) is 15.3. The molecule has 0 N–H and O–H groups in total. The highest BCUT2D eigenvalue weighted by Crippen LogP contribution is 2.09. The quantitative estimate of drug-likeness (QED) is 0.761. The van der Waals surface area contributed by atoms with E-state index in [2.05, 4.69) is 20.9 Å². The Balaban J connectivity index is 2.66. The Kier molecular flexibility index (Phi) is 4.05. The number of carbonyl (C=O) groups is 1. The Bertz CT molecular complexity index is 301. The SMILES string of the molecule is CCOCC(=O)c1cncc(Br)c1. The second kappa shape index (κ2) is 5.09. The second-order valence-corrected chi connectivity index (χ2v) is 3.37. The van der Waals surface area contributed by atoms with Gasteiger partial charge in [-0.25, -0.2) is 0 Å². The van der Waals surface area contributed by atoms with Gasteiger partial charge in [-0.05, 0) is 28.9 Å². The van der Waals surface area contributed by atoms with Gasteiger partial charge in [0.25, 0.3) is 0 Å². The average molecular weight is 244 g/mol. The number of hydrogen-bond donors (Lipinski definition) is 0. The van der Waals surface area contributed by atoms with Crippen molar-refractivity contribution in [3.63, 3.8) is 0 Å². The minimum absolute atomic E-state index is 0.0457. The summed E-state index contributed by atoms with van der Waals surface area (Å²) in [6.07, 6.45) is 3.17. The van der Waals surface area contributed by atoms with Gasteiger partial charge < -0.3 is 4.74 Å². The van der Waals surface area contributed by atoms with Crippen LogP contribution in [0.4, 0.5) is 0 Å². The summed E-state index contributed by atoms with van der Waals surface area (Å²) in [5.74, 6) is -0.0457. The number of carbonyl (C=O) groups excluding carboxylic acids is 1. The zero-order valence-corrected chi connectivity index (χ0v) is 8.87. The van der Waals surface area contributed by atoms with E-state index in [9.17, 15) is 4.79 Å². The summed E-state index contributed by atoms with van der Waals surface area (Å²) in [7, 11) is 0. The summed E-state index contributed by atoms with van der Waals surface area (Å²) in [6, 6.07) is 1.73. The Morgan fingerprint density at radius 2 is 2.38 bits per heavy atom. The van der Waals surface area contributed by atoms with Gasteiger partial charge in [0, 0.05) is 29.0 Å². The largest absolute Gasteiger partial charge is 0.374 e. The molecule has 0 saturated heterocycles. The van der Waals surface area contributed by atoms with Crippen molar-refractivity contribution in [1.82, 2.24) is 4.98 Å². The molecule has 0 aliphatic rings. The molecule has 1 heterocycles. The number of halogens is 1. The third kappa shape index (κ3) is 3.24. The van der Waals surface area contributed by atoms with Gasteiger partial charge in [0.1, 0.15) is 6.61 Å². The predicted molar refractivity (Wildman–Crippen MR) is 52.8 cm³/mol. The highest BCUT2D eigenvalue weighted by atomic mass is 79.9. The van der Waals surface area contributed by atoms with Crippen LogP contribution in [0.25, 0.3) is 0 Å². The van der Waals surface area contributed by atoms with E-state index >= 15 is 0 Å². The number of Topliss-reactive ketones (excluding diaryl/α,β-unsaturated/α-hetero) is 1. The lowest BCUT2D eigenvalue weighted by atomic mass is 10.2. The van der Waals surface area contributed by atoms with E-state index in [-0.39, 0.29) is 12.4 Å². The van der Waals surface area contributed by atoms with Gasteiger partial charge in [0.15, 0.2) is 5.78 Å². The fourth-order valence-corrected chi connectivity index (χ4v) is 1.21. The van der Waals surface area contributed by atoms with Crippen molar-refractivity contribution in [1.29, 1.82) is 0 Å². The maximum Gasteiger partial charge on any atom is 0.190 e. The molecule has 0 unspecified atom stereocenters. The molecule has 1 aromatic rings. The van der Waals surface area contributed by atoms with E-state index < -0.39 is 0 Å². The van der Waals surface area contributed by atoms with Gasteiger partial charge >= 0.3 is 0 Å². The molecule has 0 saturated carbocycles. The zero-order valence-electron chi connectivity index (χ0n) is 7.29. The zero-order chi connectivity index (χ0) is 9.68. The smallest absolute Gasteiger partial charge is 0.190 e. The van der Waals surface area contributed by atoms with Gasteiger partial charge in [-0.15, -0.1) is 0 Å². The predicted octanol–water partition coefficient (Wildman–Crippen LogP) is 2.06. The molecule has 0 radical (unpaired) electrons. The Morgan fingerprint density at radius 3 is 3.00 bits per heavy atom. The molecule has 0 fully saturated rings. The normalized spacial score (nSPS) is 10.0. The minimum atomic E-state index is -0.0457. The van der Waals surface area contributed by atoms with Crippen LogP contribution >= 0.6 is 15.9 Å². The van der Waals surface area contributed by atoms with E-state index in [1.165, 1.54) is 6.20 Å². The van der Waals surface area contributed by atoms with Crippen LogP contribution in [0.5, 0.6) is 0 Å². The highest BCUT2D eigenvalue weighted by Gasteiger charge is 2.05. The minimum Gasteiger partial charge on any atom is -0.374 e. The van der Waals surface area contributed by atoms with E-state index in [0.717, 1.165) is 4.47 Å². The van der Waals surface area contributed by atoms with Crippen molar-refractivity contribution < 1.29 is 9.53 Å². The van der Waals surface area contributed by atoms with Crippen LogP contribution in [0.2, 0.25) is 0 Å². The third-order valence-electron chi connectivity index (χ3n) is 1.46. The standard InChI is InChI=1S/C9H10BrNO2/c1-2-13-6-9(12)7-3-8(10)5-11-4-7/h3-5H,2,6H2,1H3. The number of hydrogen-bond acceptors (Lipinski definition) is 3. The molecule has 13 heavy (non-hydrogen) atoms. The van der Waals surface area contributed by atoms with Crippen LogP contribution < -0.4 is 0 Å². The first-order chi connectivity index (χ1) is 6.24. The number of pyridine rings is 1. The van der Waals surface area contributed by atoms with Gasteiger partial charge in [0.2, 0.25) is 0 Å². The summed E-state index contributed by atoms with van der Waals surface area (Å²) in [5.41, 5.74) is 0.572. The molecule has 1 aromatic heterocycles. The summed E-state index contributed by atoms with van der Waals surface area (Å²) in [6.45, 7) is 2.52. The van der Waals surface area contributed by atoms with Gasteiger partial charge in [-0.3, -0.25) is 9.78 Å². The number of ketones is 1. The average Bonchev–Trinajstić information content (AvgIpc) is 2.14. The lowest BCUT2D eigenvalue weighted by molar-refractivity contribution is 0.0783. The van der Waals surface area contributed by atoms with E-state index in [1.54, 1.807) is 12.3 Å². The molecular weight excluding hydrogens is 234 g/mol. The highest BCUT2D eigenvalue weighted by molar-refractivity contribution is 9.10. The fraction of sp³-hybridized carbons (Fsp3) is 0.333. The number of rotatable bonds is 4. The van der Waals surface area contributed by atoms with Crippen LogP contribution in [0.3, 0.4) is 0 Å². The molecule has 0 atom stereocenters. The molecule has 0 bridgehead atoms. The molecule has 4 heteroatoms. The molecule has 70 valence electrons. The first kappa shape index (κ1) is 10.3. The Hall–Kier alpha value is -0.740. The van der Waals surface area contributed by atoms with E-state index in [1.807, 2.05) is 6.92 Å². The van der Waals surface area contributed by atoms with Crippen molar-refractivity contribution in [3.05, 3.63) is 28.5 Å². The van der Waals surface area contributed by atoms with Crippen LogP contribution in [0.15, 0.2) is 22.9 Å². The maximum atomic E-state index is 11.4. The first-order valence-corrected chi connectivity index (χ1v) is 4.75. The summed E-state index contributed by atoms with van der Waals surface area (Å²) >= 11 is 3.24.